The van der Waals surface area contributed by atoms with Crippen LogP contribution in [0.3, 0.4) is 0 Å². The Labute approximate surface area is 148 Å². The number of aliphatic carboxylic acids is 1. The maximum Gasteiger partial charge on any atom is 0.408 e. The normalized spacial score (nSPS) is 12.4. The Bertz CT molecular complexity index is 566. The van der Waals surface area contributed by atoms with E-state index >= 15 is 0 Å². The van der Waals surface area contributed by atoms with Crippen LogP contribution < -0.4 is 10.2 Å². The van der Waals surface area contributed by atoms with Crippen molar-refractivity contribution in [2.75, 3.05) is 25.1 Å². The summed E-state index contributed by atoms with van der Waals surface area (Å²) in [5, 5.41) is 11.5. The van der Waals surface area contributed by atoms with Crippen LogP contribution in [0.1, 0.15) is 33.3 Å². The molecule has 0 radical (unpaired) electrons. The number of rotatable bonds is 8. The second-order valence-electron chi connectivity index (χ2n) is 6.73. The Morgan fingerprint density at radius 3 is 2.32 bits per heavy atom. The minimum absolute atomic E-state index is 0.148. The molecule has 7 heteroatoms. The first kappa shape index (κ1) is 20.8. The fraction of sp³-hybridized carbons (Fsp3) is 0.556. The van der Waals surface area contributed by atoms with Crippen LogP contribution in [0.4, 0.5) is 10.5 Å². The number of carbonyl (C=O) groups excluding carboxylic acids is 1. The van der Waals surface area contributed by atoms with Gasteiger partial charge in [0.15, 0.2) is 6.04 Å². The standard InChI is InChI=1S/C18H28N2O5/c1-6-20(5)14-9-7-13(8-10-14)11-24-12-15(16(21)22)19-17(23)25-18(2,3)4/h7-10,15H,6,11-12H2,1-5H3,(H,19,23)(H,21,22)/t15-/m0/s1. The average molecular weight is 352 g/mol. The van der Waals surface area contributed by atoms with Gasteiger partial charge in [-0.2, -0.15) is 0 Å². The molecule has 1 amide bonds. The Morgan fingerprint density at radius 2 is 1.84 bits per heavy atom. The van der Waals surface area contributed by atoms with E-state index in [2.05, 4.69) is 17.1 Å². The van der Waals surface area contributed by atoms with Gasteiger partial charge in [-0.05, 0) is 45.4 Å². The molecule has 25 heavy (non-hydrogen) atoms. The lowest BCUT2D eigenvalue weighted by Gasteiger charge is -2.22. The number of hydrogen-bond acceptors (Lipinski definition) is 5. The molecular weight excluding hydrogens is 324 g/mol. The van der Waals surface area contributed by atoms with Gasteiger partial charge in [-0.25, -0.2) is 9.59 Å². The van der Waals surface area contributed by atoms with Crippen molar-refractivity contribution in [1.82, 2.24) is 5.32 Å². The highest BCUT2D eigenvalue weighted by molar-refractivity contribution is 5.80. The molecule has 0 aromatic heterocycles. The summed E-state index contributed by atoms with van der Waals surface area (Å²) < 4.78 is 10.5. The zero-order valence-corrected chi connectivity index (χ0v) is 15.5. The molecule has 1 rings (SSSR count). The summed E-state index contributed by atoms with van der Waals surface area (Å²) in [4.78, 5) is 25.0. The van der Waals surface area contributed by atoms with E-state index in [4.69, 9.17) is 9.47 Å². The predicted octanol–water partition coefficient (Wildman–Crippen LogP) is 2.64. The van der Waals surface area contributed by atoms with Crippen molar-refractivity contribution in [3.05, 3.63) is 29.8 Å². The monoisotopic (exact) mass is 352 g/mol. The second-order valence-corrected chi connectivity index (χ2v) is 6.73. The number of carbonyl (C=O) groups is 2. The van der Waals surface area contributed by atoms with E-state index in [1.54, 1.807) is 20.8 Å². The Kier molecular flexibility index (Phi) is 7.70. The molecule has 1 aromatic rings. The first-order valence-corrected chi connectivity index (χ1v) is 8.22. The van der Waals surface area contributed by atoms with Crippen molar-refractivity contribution < 1.29 is 24.2 Å². The van der Waals surface area contributed by atoms with Gasteiger partial charge in [0.05, 0.1) is 13.2 Å². The van der Waals surface area contributed by atoms with Crippen molar-refractivity contribution in [2.45, 2.75) is 45.9 Å². The smallest absolute Gasteiger partial charge is 0.408 e. The molecule has 7 nitrogen and oxygen atoms in total. The number of nitrogens with zero attached hydrogens (tertiary/aromatic N) is 1. The zero-order chi connectivity index (χ0) is 19.0. The molecule has 0 saturated heterocycles. The first-order chi connectivity index (χ1) is 11.6. The number of amides is 1. The number of carboxylic acid groups (broad SMARTS) is 1. The lowest BCUT2D eigenvalue weighted by atomic mass is 10.2. The van der Waals surface area contributed by atoms with Crippen molar-refractivity contribution >= 4 is 17.7 Å². The highest BCUT2D eigenvalue weighted by Gasteiger charge is 2.24. The van der Waals surface area contributed by atoms with E-state index in [0.29, 0.717) is 0 Å². The lowest BCUT2D eigenvalue weighted by molar-refractivity contribution is -0.141. The van der Waals surface area contributed by atoms with Crippen molar-refractivity contribution in [1.29, 1.82) is 0 Å². The lowest BCUT2D eigenvalue weighted by Crippen LogP contribution is -2.46. The molecule has 1 aromatic carbocycles. The van der Waals surface area contributed by atoms with Crippen LogP contribution in [0, 0.1) is 0 Å². The van der Waals surface area contributed by atoms with Gasteiger partial charge in [-0.15, -0.1) is 0 Å². The Hall–Kier alpha value is -2.28. The summed E-state index contributed by atoms with van der Waals surface area (Å²) in [6, 6.07) is 6.66. The Morgan fingerprint density at radius 1 is 1.24 bits per heavy atom. The number of hydrogen-bond donors (Lipinski definition) is 2. The maximum atomic E-state index is 11.7. The van der Waals surface area contributed by atoms with Gasteiger partial charge >= 0.3 is 12.1 Å². The highest BCUT2D eigenvalue weighted by atomic mass is 16.6. The molecule has 0 fully saturated rings. The molecule has 0 aliphatic carbocycles. The van der Waals surface area contributed by atoms with Gasteiger partial charge in [-0.1, -0.05) is 12.1 Å². The van der Waals surface area contributed by atoms with Crippen LogP contribution >= 0.6 is 0 Å². The third kappa shape index (κ3) is 7.89. The zero-order valence-electron chi connectivity index (χ0n) is 15.5. The Balaban J connectivity index is 2.50. The molecule has 0 aliphatic heterocycles. The van der Waals surface area contributed by atoms with Crippen molar-refractivity contribution in [3.8, 4) is 0 Å². The molecule has 2 N–H and O–H groups in total. The van der Waals surface area contributed by atoms with E-state index in [1.165, 1.54) is 0 Å². The SMILES string of the molecule is CCN(C)c1ccc(COC[C@H](NC(=O)OC(C)(C)C)C(=O)O)cc1. The minimum Gasteiger partial charge on any atom is -0.480 e. The van der Waals surface area contributed by atoms with Crippen molar-refractivity contribution in [3.63, 3.8) is 0 Å². The summed E-state index contributed by atoms with van der Waals surface area (Å²) in [6.45, 7) is 8.21. The average Bonchev–Trinajstić information content (AvgIpc) is 2.52. The molecule has 0 aliphatic rings. The first-order valence-electron chi connectivity index (χ1n) is 8.22. The second kappa shape index (κ2) is 9.27. The summed E-state index contributed by atoms with van der Waals surface area (Å²) in [7, 11) is 2.01. The molecule has 140 valence electrons. The molecule has 0 unspecified atom stereocenters. The molecule has 1 atom stereocenters. The van der Waals surface area contributed by atoms with Crippen LogP contribution in [0.15, 0.2) is 24.3 Å². The minimum atomic E-state index is -1.18. The third-order valence-corrected chi connectivity index (χ3v) is 3.39. The predicted molar refractivity (Wildman–Crippen MR) is 95.8 cm³/mol. The number of nitrogens with one attached hydrogen (secondary N) is 1. The molecule has 0 heterocycles. The molecule has 0 saturated carbocycles. The highest BCUT2D eigenvalue weighted by Crippen LogP contribution is 2.14. The molecular formula is C18H28N2O5. The number of benzene rings is 1. The summed E-state index contributed by atoms with van der Waals surface area (Å²) >= 11 is 0. The summed E-state index contributed by atoms with van der Waals surface area (Å²) in [5.41, 5.74) is 1.33. The maximum absolute atomic E-state index is 11.7. The van der Waals surface area contributed by atoms with Crippen LogP contribution in [0.2, 0.25) is 0 Å². The van der Waals surface area contributed by atoms with Crippen LogP contribution in [0.5, 0.6) is 0 Å². The quantitative estimate of drug-likeness (QED) is 0.748. The van der Waals surface area contributed by atoms with E-state index in [9.17, 15) is 14.7 Å². The molecule has 0 spiro atoms. The van der Waals surface area contributed by atoms with Crippen LogP contribution in [-0.2, 0) is 20.9 Å². The third-order valence-electron chi connectivity index (χ3n) is 3.39. The van der Waals surface area contributed by atoms with Crippen LogP contribution in [0.25, 0.3) is 0 Å². The van der Waals surface area contributed by atoms with Gasteiger partial charge in [0.2, 0.25) is 0 Å². The van der Waals surface area contributed by atoms with Gasteiger partial charge in [0, 0.05) is 19.3 Å². The van der Waals surface area contributed by atoms with Crippen molar-refractivity contribution in [2.24, 2.45) is 0 Å². The van der Waals surface area contributed by atoms with Gasteiger partial charge in [0.1, 0.15) is 5.60 Å². The van der Waals surface area contributed by atoms with E-state index in [-0.39, 0.29) is 13.2 Å². The number of carboxylic acids is 1. The van der Waals surface area contributed by atoms with E-state index in [0.717, 1.165) is 17.8 Å². The summed E-state index contributed by atoms with van der Waals surface area (Å²) in [6.07, 6.45) is -0.782. The topological polar surface area (TPSA) is 88.1 Å². The number of anilines is 1. The van der Waals surface area contributed by atoms with Gasteiger partial charge in [0.25, 0.3) is 0 Å². The summed E-state index contributed by atoms with van der Waals surface area (Å²) in [5.74, 6) is -1.18. The van der Waals surface area contributed by atoms with E-state index < -0.39 is 23.7 Å². The fourth-order valence-electron chi connectivity index (χ4n) is 1.95. The number of alkyl carbamates (subject to hydrolysis) is 1. The molecule has 0 bridgehead atoms. The van der Waals surface area contributed by atoms with Crippen LogP contribution in [-0.4, -0.2) is 49.0 Å². The largest absolute Gasteiger partial charge is 0.480 e. The number of ether oxygens (including phenoxy) is 2. The van der Waals surface area contributed by atoms with E-state index in [1.807, 2.05) is 31.3 Å². The van der Waals surface area contributed by atoms with Gasteiger partial charge < -0.3 is 24.8 Å². The fourth-order valence-corrected chi connectivity index (χ4v) is 1.95. The van der Waals surface area contributed by atoms with Gasteiger partial charge in [-0.3, -0.25) is 0 Å².